The molecule has 0 aliphatic heterocycles. The summed E-state index contributed by atoms with van der Waals surface area (Å²) in [5.74, 6) is 0.930. The van der Waals surface area contributed by atoms with Gasteiger partial charge in [0.1, 0.15) is 11.5 Å². The number of rotatable bonds is 6. The summed E-state index contributed by atoms with van der Waals surface area (Å²) in [6.45, 7) is 5.65. The summed E-state index contributed by atoms with van der Waals surface area (Å²) in [5, 5.41) is 9.73. The zero-order valence-corrected chi connectivity index (χ0v) is 19.5. The number of carbonyl (C=O) groups is 2. The van der Waals surface area contributed by atoms with Gasteiger partial charge in [0.2, 0.25) is 0 Å². The lowest BCUT2D eigenvalue weighted by Gasteiger charge is -2.09. The van der Waals surface area contributed by atoms with Crippen LogP contribution in [0.3, 0.4) is 0 Å². The van der Waals surface area contributed by atoms with Crippen LogP contribution >= 0.6 is 11.3 Å². The Hall–Kier alpha value is -3.91. The van der Waals surface area contributed by atoms with E-state index in [1.165, 1.54) is 0 Å². The molecule has 0 aliphatic carbocycles. The Balaban J connectivity index is 1.42. The molecule has 7 nitrogen and oxygen atoms in total. The number of carbonyl (C=O) groups excluding carboxylic acids is 2. The predicted octanol–water partition coefficient (Wildman–Crippen LogP) is 5.84. The number of methoxy groups -OCH3 is 1. The van der Waals surface area contributed by atoms with Crippen molar-refractivity contribution >= 4 is 34.5 Å². The summed E-state index contributed by atoms with van der Waals surface area (Å²) in [4.78, 5) is 26.2. The Morgan fingerprint density at radius 2 is 1.58 bits per heavy atom. The standard InChI is InChI=1S/C25H23N3O4S/c1-14-13-19(31-4)9-10-20(14)27-25(30)22-12-11-21(33-22)24(29)26-18-7-5-17(6-8-18)23-15(2)28-32-16(23)3/h5-13H,1-4H3,(H,26,29)(H,27,30). The summed E-state index contributed by atoms with van der Waals surface area (Å²) in [5.41, 5.74) is 4.97. The fraction of sp³-hybridized carbons (Fsp3) is 0.160. The number of anilines is 2. The Labute approximate surface area is 195 Å². The molecule has 0 radical (unpaired) electrons. The largest absolute Gasteiger partial charge is 0.497 e. The van der Waals surface area contributed by atoms with Crippen LogP contribution in [0, 0.1) is 20.8 Å². The molecule has 0 fully saturated rings. The van der Waals surface area contributed by atoms with E-state index in [1.807, 2.05) is 51.1 Å². The number of benzene rings is 2. The zero-order chi connectivity index (χ0) is 23.5. The summed E-state index contributed by atoms with van der Waals surface area (Å²) >= 11 is 1.14. The van der Waals surface area contributed by atoms with Crippen LogP contribution in [0.5, 0.6) is 5.75 Å². The Kier molecular flexibility index (Phi) is 6.28. The maximum Gasteiger partial charge on any atom is 0.265 e. The molecule has 0 unspecified atom stereocenters. The van der Waals surface area contributed by atoms with E-state index >= 15 is 0 Å². The molecule has 33 heavy (non-hydrogen) atoms. The van der Waals surface area contributed by atoms with Crippen LogP contribution < -0.4 is 15.4 Å². The Bertz CT molecular complexity index is 1300. The second kappa shape index (κ2) is 9.30. The number of nitrogens with one attached hydrogen (secondary N) is 2. The minimum atomic E-state index is -0.273. The molecule has 0 bridgehead atoms. The van der Waals surface area contributed by atoms with Crippen LogP contribution in [0.1, 0.15) is 36.4 Å². The molecule has 0 saturated carbocycles. The average molecular weight is 462 g/mol. The molecule has 0 saturated heterocycles. The first kappa shape index (κ1) is 22.3. The number of hydrogen-bond donors (Lipinski definition) is 2. The molecule has 8 heteroatoms. The van der Waals surface area contributed by atoms with Crippen molar-refractivity contribution in [3.8, 4) is 16.9 Å². The van der Waals surface area contributed by atoms with Gasteiger partial charge in [-0.2, -0.15) is 0 Å². The van der Waals surface area contributed by atoms with Gasteiger partial charge in [-0.25, -0.2) is 0 Å². The predicted molar refractivity (Wildman–Crippen MR) is 129 cm³/mol. The molecule has 2 aromatic heterocycles. The van der Waals surface area contributed by atoms with Gasteiger partial charge in [-0.15, -0.1) is 11.3 Å². The van der Waals surface area contributed by atoms with Crippen molar-refractivity contribution in [1.82, 2.24) is 5.16 Å². The molecule has 2 amide bonds. The van der Waals surface area contributed by atoms with Crippen molar-refractivity contribution in [2.24, 2.45) is 0 Å². The third-order valence-corrected chi connectivity index (χ3v) is 6.28. The van der Waals surface area contributed by atoms with E-state index in [-0.39, 0.29) is 11.8 Å². The Morgan fingerprint density at radius 3 is 2.15 bits per heavy atom. The first-order valence-electron chi connectivity index (χ1n) is 10.3. The number of aryl methyl sites for hydroxylation is 3. The highest BCUT2D eigenvalue weighted by Crippen LogP contribution is 2.28. The molecular weight excluding hydrogens is 438 g/mol. The summed E-state index contributed by atoms with van der Waals surface area (Å²) in [6, 6.07) is 16.2. The number of ether oxygens (including phenoxy) is 1. The molecule has 0 atom stereocenters. The van der Waals surface area contributed by atoms with Crippen molar-refractivity contribution in [3.05, 3.63) is 81.4 Å². The van der Waals surface area contributed by atoms with Crippen molar-refractivity contribution in [2.75, 3.05) is 17.7 Å². The van der Waals surface area contributed by atoms with E-state index in [4.69, 9.17) is 9.26 Å². The third-order valence-electron chi connectivity index (χ3n) is 5.20. The molecule has 168 valence electrons. The van der Waals surface area contributed by atoms with Crippen molar-refractivity contribution in [1.29, 1.82) is 0 Å². The molecule has 0 spiro atoms. The van der Waals surface area contributed by atoms with Crippen LogP contribution in [0.4, 0.5) is 11.4 Å². The molecule has 2 N–H and O–H groups in total. The lowest BCUT2D eigenvalue weighted by Crippen LogP contribution is -2.11. The van der Waals surface area contributed by atoms with E-state index in [0.29, 0.717) is 21.1 Å². The van der Waals surface area contributed by atoms with Gasteiger partial charge in [-0.1, -0.05) is 17.3 Å². The van der Waals surface area contributed by atoms with Gasteiger partial charge in [0.15, 0.2) is 0 Å². The fourth-order valence-corrected chi connectivity index (χ4v) is 4.27. The zero-order valence-electron chi connectivity index (χ0n) is 18.7. The molecule has 4 rings (SSSR count). The van der Waals surface area contributed by atoms with Gasteiger partial charge in [-0.3, -0.25) is 9.59 Å². The van der Waals surface area contributed by atoms with E-state index < -0.39 is 0 Å². The number of amides is 2. The van der Waals surface area contributed by atoms with Gasteiger partial charge in [0.25, 0.3) is 11.8 Å². The SMILES string of the molecule is COc1ccc(NC(=O)c2ccc(C(=O)Nc3ccc(-c4c(C)noc4C)cc3)s2)c(C)c1. The van der Waals surface area contributed by atoms with Crippen LogP contribution in [0.25, 0.3) is 11.1 Å². The monoisotopic (exact) mass is 461 g/mol. The minimum absolute atomic E-state index is 0.267. The van der Waals surface area contributed by atoms with E-state index in [9.17, 15) is 9.59 Å². The quantitative estimate of drug-likeness (QED) is 0.376. The second-order valence-electron chi connectivity index (χ2n) is 7.53. The normalized spacial score (nSPS) is 10.7. The maximum absolute atomic E-state index is 12.7. The van der Waals surface area contributed by atoms with E-state index in [2.05, 4.69) is 15.8 Å². The van der Waals surface area contributed by atoms with Gasteiger partial charge in [0.05, 0.1) is 22.6 Å². The maximum atomic E-state index is 12.7. The van der Waals surface area contributed by atoms with E-state index in [1.54, 1.807) is 31.4 Å². The lowest BCUT2D eigenvalue weighted by molar-refractivity contribution is 0.102. The molecule has 2 heterocycles. The van der Waals surface area contributed by atoms with Crippen LogP contribution in [-0.4, -0.2) is 24.1 Å². The van der Waals surface area contributed by atoms with Gasteiger partial charge < -0.3 is 19.9 Å². The van der Waals surface area contributed by atoms with Crippen molar-refractivity contribution < 1.29 is 18.8 Å². The van der Waals surface area contributed by atoms with Crippen LogP contribution in [-0.2, 0) is 0 Å². The third kappa shape index (κ3) is 4.80. The topological polar surface area (TPSA) is 93.5 Å². The number of nitrogens with zero attached hydrogens (tertiary/aromatic N) is 1. The summed E-state index contributed by atoms with van der Waals surface area (Å²) in [7, 11) is 1.60. The molecule has 0 aliphatic rings. The first-order chi connectivity index (χ1) is 15.9. The molecule has 2 aromatic carbocycles. The highest BCUT2D eigenvalue weighted by atomic mass is 32.1. The summed E-state index contributed by atoms with van der Waals surface area (Å²) < 4.78 is 10.4. The van der Waals surface area contributed by atoms with Crippen molar-refractivity contribution in [2.45, 2.75) is 20.8 Å². The second-order valence-corrected chi connectivity index (χ2v) is 8.61. The Morgan fingerprint density at radius 1 is 0.909 bits per heavy atom. The van der Waals surface area contributed by atoms with Gasteiger partial charge >= 0.3 is 0 Å². The highest BCUT2D eigenvalue weighted by Gasteiger charge is 2.16. The highest BCUT2D eigenvalue weighted by molar-refractivity contribution is 7.16. The van der Waals surface area contributed by atoms with Gasteiger partial charge in [-0.05, 0) is 74.4 Å². The fourth-order valence-electron chi connectivity index (χ4n) is 3.48. The summed E-state index contributed by atoms with van der Waals surface area (Å²) in [6.07, 6.45) is 0. The van der Waals surface area contributed by atoms with Crippen molar-refractivity contribution in [3.63, 3.8) is 0 Å². The molecule has 4 aromatic rings. The first-order valence-corrected chi connectivity index (χ1v) is 11.1. The number of aromatic nitrogens is 1. The average Bonchev–Trinajstić information content (AvgIpc) is 3.43. The van der Waals surface area contributed by atoms with Gasteiger partial charge in [0, 0.05) is 16.9 Å². The van der Waals surface area contributed by atoms with Crippen LogP contribution in [0.2, 0.25) is 0 Å². The lowest BCUT2D eigenvalue weighted by atomic mass is 10.0. The minimum Gasteiger partial charge on any atom is -0.497 e. The number of hydrogen-bond acceptors (Lipinski definition) is 6. The number of thiophene rings is 1. The van der Waals surface area contributed by atoms with E-state index in [0.717, 1.165) is 45.2 Å². The smallest absolute Gasteiger partial charge is 0.265 e. The molecular formula is C25H23N3O4S. The van der Waals surface area contributed by atoms with Crippen LogP contribution in [0.15, 0.2) is 59.1 Å².